The van der Waals surface area contributed by atoms with E-state index in [1.165, 1.54) is 6.08 Å². The van der Waals surface area contributed by atoms with Crippen molar-refractivity contribution < 1.29 is 38.1 Å². The Kier molecular flexibility index (Phi) is 12.2. The number of rotatable bonds is 13. The van der Waals surface area contributed by atoms with Crippen molar-refractivity contribution in [1.82, 2.24) is 0 Å². The Morgan fingerprint density at radius 3 is 1.90 bits per heavy atom. The van der Waals surface area contributed by atoms with E-state index in [1.54, 1.807) is 78.0 Å². The van der Waals surface area contributed by atoms with Crippen LogP contribution < -0.4 is 14.2 Å². The normalized spacial score (nSPS) is 11.9. The van der Waals surface area contributed by atoms with Gasteiger partial charge in [-0.1, -0.05) is 12.2 Å². The smallest absolute Gasteiger partial charge is 0.314 e. The maximum absolute atomic E-state index is 12.9. The fourth-order valence-corrected chi connectivity index (χ4v) is 3.28. The Labute approximate surface area is 243 Å². The lowest BCUT2D eigenvalue weighted by Gasteiger charge is -2.18. The number of hydrogen-bond donors (Lipinski definition) is 0. The zero-order valence-electron chi connectivity index (χ0n) is 25.4. The lowest BCUT2D eigenvalue weighted by atomic mass is 9.97. The number of ether oxygens (including phenoxy) is 5. The van der Waals surface area contributed by atoms with Crippen LogP contribution in [0, 0.1) is 10.8 Å². The molecule has 0 aliphatic rings. The molecule has 0 fully saturated rings. The minimum atomic E-state index is -0.636. The first-order valence-corrected chi connectivity index (χ1v) is 13.6. The standard InChI is InChI=1S/C33H42O8/c1-9-11-12-24-19-25(28(37-10-2)20-29(24)39-22-41-31(36)33(6,7)8)15-18-27(34)23-13-16-26(17-14-23)38-21-40-30(35)32(3,4)5/h9,11,13-20H,10,12,21-22H2,1-8H3. The van der Waals surface area contributed by atoms with E-state index in [9.17, 15) is 14.4 Å². The van der Waals surface area contributed by atoms with E-state index in [2.05, 4.69) is 0 Å². The van der Waals surface area contributed by atoms with Crippen LogP contribution in [0.25, 0.3) is 6.08 Å². The molecule has 0 saturated carbocycles. The molecule has 0 radical (unpaired) electrons. The van der Waals surface area contributed by atoms with Crippen molar-refractivity contribution in [2.24, 2.45) is 10.8 Å². The van der Waals surface area contributed by atoms with Gasteiger partial charge in [-0.05, 0) is 110 Å². The zero-order chi connectivity index (χ0) is 30.6. The Bertz CT molecular complexity index is 1240. The lowest BCUT2D eigenvalue weighted by Crippen LogP contribution is -2.24. The molecule has 0 saturated heterocycles. The molecule has 41 heavy (non-hydrogen) atoms. The summed E-state index contributed by atoms with van der Waals surface area (Å²) >= 11 is 0. The van der Waals surface area contributed by atoms with Gasteiger partial charge in [0.15, 0.2) is 5.78 Å². The molecule has 0 amide bonds. The molecule has 0 spiro atoms. The van der Waals surface area contributed by atoms with Gasteiger partial charge < -0.3 is 23.7 Å². The predicted octanol–water partition coefficient (Wildman–Crippen LogP) is 6.95. The number of carbonyl (C=O) groups excluding carboxylic acids is 3. The third kappa shape index (κ3) is 10.8. The van der Waals surface area contributed by atoms with Crippen molar-refractivity contribution in [2.45, 2.75) is 61.8 Å². The first-order chi connectivity index (χ1) is 19.3. The van der Waals surface area contributed by atoms with Crippen LogP contribution in [0.3, 0.4) is 0 Å². The third-order valence-corrected chi connectivity index (χ3v) is 5.66. The summed E-state index contributed by atoms with van der Waals surface area (Å²) in [6.45, 7) is 14.4. The van der Waals surface area contributed by atoms with Gasteiger partial charge in [0.1, 0.15) is 17.2 Å². The molecule has 0 aliphatic heterocycles. The van der Waals surface area contributed by atoms with Gasteiger partial charge in [-0.2, -0.15) is 0 Å². The van der Waals surface area contributed by atoms with Crippen LogP contribution in [0.2, 0.25) is 0 Å². The average molecular weight is 567 g/mol. The number of benzene rings is 2. The summed E-state index contributed by atoms with van der Waals surface area (Å²) in [5.41, 5.74) is 0.769. The van der Waals surface area contributed by atoms with E-state index in [-0.39, 0.29) is 31.3 Å². The van der Waals surface area contributed by atoms with E-state index in [0.717, 1.165) is 5.56 Å². The van der Waals surface area contributed by atoms with Crippen molar-refractivity contribution in [3.8, 4) is 17.2 Å². The highest BCUT2D eigenvalue weighted by molar-refractivity contribution is 6.07. The summed E-state index contributed by atoms with van der Waals surface area (Å²) in [5.74, 6) is 0.607. The summed E-state index contributed by atoms with van der Waals surface area (Å²) in [5, 5.41) is 0. The van der Waals surface area contributed by atoms with Crippen LogP contribution >= 0.6 is 0 Å². The Hall–Kier alpha value is -4.07. The highest BCUT2D eigenvalue weighted by atomic mass is 16.7. The largest absolute Gasteiger partial charge is 0.493 e. The highest BCUT2D eigenvalue weighted by Gasteiger charge is 2.24. The Morgan fingerprint density at radius 2 is 1.37 bits per heavy atom. The molecule has 8 nitrogen and oxygen atoms in total. The molecule has 0 atom stereocenters. The fourth-order valence-electron chi connectivity index (χ4n) is 3.28. The summed E-state index contributed by atoms with van der Waals surface area (Å²) < 4.78 is 27.5. The lowest BCUT2D eigenvalue weighted by molar-refractivity contribution is -0.160. The average Bonchev–Trinajstić information content (AvgIpc) is 2.91. The monoisotopic (exact) mass is 566 g/mol. The molecule has 0 bridgehead atoms. The Morgan fingerprint density at radius 1 is 0.780 bits per heavy atom. The number of carbonyl (C=O) groups is 3. The summed E-state index contributed by atoms with van der Waals surface area (Å²) in [6.07, 6.45) is 7.67. The maximum atomic E-state index is 12.9. The van der Waals surface area contributed by atoms with Crippen LogP contribution in [-0.2, 0) is 25.5 Å². The SMILES string of the molecule is CC=CCc1cc(C=CC(=O)c2ccc(OCOC(=O)C(C)(C)C)cc2)c(OCC)cc1OCOC(=O)C(C)(C)C. The van der Waals surface area contributed by atoms with Crippen molar-refractivity contribution >= 4 is 23.8 Å². The molecule has 0 unspecified atom stereocenters. The number of ketones is 1. The van der Waals surface area contributed by atoms with Gasteiger partial charge in [0, 0.05) is 17.2 Å². The Balaban J connectivity index is 2.17. The first-order valence-electron chi connectivity index (χ1n) is 13.6. The summed E-state index contributed by atoms with van der Waals surface area (Å²) in [7, 11) is 0. The molecular weight excluding hydrogens is 524 g/mol. The number of allylic oxidation sites excluding steroid dienone is 3. The second-order valence-electron chi connectivity index (χ2n) is 11.3. The van der Waals surface area contributed by atoms with Crippen molar-refractivity contribution in [1.29, 1.82) is 0 Å². The molecule has 0 N–H and O–H groups in total. The van der Waals surface area contributed by atoms with E-state index in [4.69, 9.17) is 23.7 Å². The van der Waals surface area contributed by atoms with Crippen LogP contribution in [0.1, 0.15) is 76.9 Å². The van der Waals surface area contributed by atoms with E-state index in [1.807, 2.05) is 32.1 Å². The van der Waals surface area contributed by atoms with Crippen LogP contribution in [0.15, 0.2) is 54.6 Å². The van der Waals surface area contributed by atoms with Gasteiger partial charge in [-0.25, -0.2) is 0 Å². The number of hydrogen-bond acceptors (Lipinski definition) is 8. The van der Waals surface area contributed by atoms with Crippen molar-refractivity contribution in [2.75, 3.05) is 20.2 Å². The zero-order valence-corrected chi connectivity index (χ0v) is 25.4. The van der Waals surface area contributed by atoms with Gasteiger partial charge in [0.05, 0.1) is 17.4 Å². The van der Waals surface area contributed by atoms with E-state index in [0.29, 0.717) is 41.4 Å². The van der Waals surface area contributed by atoms with Gasteiger partial charge in [-0.3, -0.25) is 14.4 Å². The molecule has 0 aromatic heterocycles. The maximum Gasteiger partial charge on any atom is 0.314 e. The molecule has 0 aliphatic carbocycles. The second-order valence-corrected chi connectivity index (χ2v) is 11.3. The molecular formula is C33H42O8. The molecule has 222 valence electrons. The minimum absolute atomic E-state index is 0.206. The molecule has 0 heterocycles. The van der Waals surface area contributed by atoms with Gasteiger partial charge in [-0.15, -0.1) is 0 Å². The summed E-state index contributed by atoms with van der Waals surface area (Å²) in [4.78, 5) is 36.9. The fraction of sp³-hybridized carbons (Fsp3) is 0.424. The van der Waals surface area contributed by atoms with E-state index >= 15 is 0 Å². The van der Waals surface area contributed by atoms with Gasteiger partial charge >= 0.3 is 11.9 Å². The van der Waals surface area contributed by atoms with Crippen LogP contribution in [0.4, 0.5) is 0 Å². The predicted molar refractivity (Wildman–Crippen MR) is 158 cm³/mol. The van der Waals surface area contributed by atoms with Crippen molar-refractivity contribution in [3.05, 3.63) is 71.3 Å². The first kappa shape index (κ1) is 33.1. The third-order valence-electron chi connectivity index (χ3n) is 5.66. The van der Waals surface area contributed by atoms with Crippen LogP contribution in [-0.4, -0.2) is 37.9 Å². The minimum Gasteiger partial charge on any atom is -0.493 e. The number of esters is 2. The van der Waals surface area contributed by atoms with Gasteiger partial charge in [0.2, 0.25) is 13.6 Å². The quantitative estimate of drug-likeness (QED) is 0.0845. The molecule has 2 rings (SSSR count). The highest BCUT2D eigenvalue weighted by Crippen LogP contribution is 2.32. The molecule has 2 aromatic rings. The van der Waals surface area contributed by atoms with Crippen LogP contribution in [0.5, 0.6) is 17.2 Å². The molecule has 2 aromatic carbocycles. The van der Waals surface area contributed by atoms with Gasteiger partial charge in [0.25, 0.3) is 0 Å². The second kappa shape index (κ2) is 15.1. The van der Waals surface area contributed by atoms with E-state index < -0.39 is 10.8 Å². The molecule has 8 heteroatoms. The topological polar surface area (TPSA) is 97.4 Å². The van der Waals surface area contributed by atoms with Crippen molar-refractivity contribution in [3.63, 3.8) is 0 Å². The summed E-state index contributed by atoms with van der Waals surface area (Å²) in [6, 6.07) is 10.2.